The average molecular weight is 182 g/mol. The van der Waals surface area contributed by atoms with E-state index in [0.717, 1.165) is 12.0 Å². The number of hydrogen-bond acceptors (Lipinski definition) is 3. The van der Waals surface area contributed by atoms with Crippen LogP contribution in [0.25, 0.3) is 0 Å². The van der Waals surface area contributed by atoms with Crippen molar-refractivity contribution in [2.75, 3.05) is 0 Å². The Morgan fingerprint density at radius 1 is 1.62 bits per heavy atom. The van der Waals surface area contributed by atoms with E-state index < -0.39 is 5.91 Å². The predicted octanol–water partition coefficient (Wildman–Crippen LogP) is 1.28. The lowest BCUT2D eigenvalue weighted by Crippen LogP contribution is -2.14. The highest BCUT2D eigenvalue weighted by atomic mass is 16.5. The third kappa shape index (κ3) is 2.08. The van der Waals surface area contributed by atoms with Crippen LogP contribution in [0.5, 0.6) is 0 Å². The van der Waals surface area contributed by atoms with E-state index in [4.69, 9.17) is 10.3 Å². The Morgan fingerprint density at radius 2 is 2.23 bits per heavy atom. The van der Waals surface area contributed by atoms with Gasteiger partial charge in [0, 0.05) is 5.56 Å². The van der Waals surface area contributed by atoms with Gasteiger partial charge in [0.05, 0.1) is 0 Å². The summed E-state index contributed by atoms with van der Waals surface area (Å²) in [5.41, 5.74) is 6.25. The third-order valence-corrected chi connectivity index (χ3v) is 1.83. The molecular formula is C9H14N2O2. The van der Waals surface area contributed by atoms with Crippen molar-refractivity contribution in [1.29, 1.82) is 0 Å². The predicted molar refractivity (Wildman–Crippen MR) is 48.3 cm³/mol. The van der Waals surface area contributed by atoms with E-state index in [2.05, 4.69) is 19.0 Å². The van der Waals surface area contributed by atoms with Crippen LogP contribution in [-0.4, -0.2) is 11.1 Å². The molecule has 1 heterocycles. The van der Waals surface area contributed by atoms with Gasteiger partial charge < -0.3 is 10.3 Å². The number of primary amides is 1. The largest absolute Gasteiger partial charge is 0.364 e. The summed E-state index contributed by atoms with van der Waals surface area (Å²) in [5.74, 6) is 0.617. The van der Waals surface area contributed by atoms with Gasteiger partial charge in [-0.05, 0) is 19.3 Å². The summed E-state index contributed by atoms with van der Waals surface area (Å²) in [5, 5.41) is 3.62. The van der Waals surface area contributed by atoms with E-state index >= 15 is 0 Å². The molecule has 2 N–H and O–H groups in total. The van der Waals surface area contributed by atoms with E-state index in [-0.39, 0.29) is 5.69 Å². The summed E-state index contributed by atoms with van der Waals surface area (Å²) < 4.78 is 4.91. The average Bonchev–Trinajstić information content (AvgIpc) is 2.32. The topological polar surface area (TPSA) is 69.1 Å². The molecule has 0 aliphatic heterocycles. The molecule has 0 fully saturated rings. The smallest absolute Gasteiger partial charge is 0.271 e. The quantitative estimate of drug-likeness (QED) is 0.765. The van der Waals surface area contributed by atoms with Crippen molar-refractivity contribution in [2.24, 2.45) is 11.7 Å². The number of amides is 1. The Morgan fingerprint density at radius 3 is 2.69 bits per heavy atom. The fraction of sp³-hybridized carbons (Fsp3) is 0.556. The van der Waals surface area contributed by atoms with Crippen molar-refractivity contribution in [3.8, 4) is 0 Å². The number of carbonyl (C=O) groups is 1. The summed E-state index contributed by atoms with van der Waals surface area (Å²) in [6.45, 7) is 5.92. The van der Waals surface area contributed by atoms with Gasteiger partial charge in [0.25, 0.3) is 5.91 Å². The Labute approximate surface area is 77.1 Å². The molecule has 0 unspecified atom stereocenters. The van der Waals surface area contributed by atoms with Crippen molar-refractivity contribution >= 4 is 5.91 Å². The number of aromatic nitrogens is 1. The first-order valence-corrected chi connectivity index (χ1v) is 4.27. The molecule has 0 aromatic carbocycles. The maximum Gasteiger partial charge on any atom is 0.271 e. The van der Waals surface area contributed by atoms with Crippen LogP contribution in [0.3, 0.4) is 0 Å². The third-order valence-electron chi connectivity index (χ3n) is 1.83. The van der Waals surface area contributed by atoms with Gasteiger partial charge in [0.2, 0.25) is 0 Å². The van der Waals surface area contributed by atoms with Gasteiger partial charge in [-0.15, -0.1) is 0 Å². The van der Waals surface area contributed by atoms with Gasteiger partial charge in [0.1, 0.15) is 5.76 Å². The molecule has 0 aliphatic rings. The van der Waals surface area contributed by atoms with Crippen molar-refractivity contribution < 1.29 is 9.32 Å². The molecular weight excluding hydrogens is 168 g/mol. The summed E-state index contributed by atoms with van der Waals surface area (Å²) in [4.78, 5) is 10.9. The second kappa shape index (κ2) is 3.60. The highest BCUT2D eigenvalue weighted by Gasteiger charge is 2.17. The molecule has 1 rings (SSSR count). The van der Waals surface area contributed by atoms with Gasteiger partial charge >= 0.3 is 0 Å². The summed E-state index contributed by atoms with van der Waals surface area (Å²) >= 11 is 0. The number of aryl methyl sites for hydroxylation is 1. The minimum absolute atomic E-state index is 0.270. The first-order chi connectivity index (χ1) is 6.02. The lowest BCUT2D eigenvalue weighted by atomic mass is 10.0. The Hall–Kier alpha value is -1.32. The minimum Gasteiger partial charge on any atom is -0.364 e. The minimum atomic E-state index is -0.521. The Kier molecular flexibility index (Phi) is 2.70. The molecule has 0 atom stereocenters. The SMILES string of the molecule is Cc1onc(C(N)=O)c1CC(C)C. The number of rotatable bonds is 3. The zero-order valence-electron chi connectivity index (χ0n) is 8.13. The first-order valence-electron chi connectivity index (χ1n) is 4.27. The van der Waals surface area contributed by atoms with Crippen LogP contribution in [-0.2, 0) is 6.42 Å². The number of nitrogens with two attached hydrogens (primary N) is 1. The molecule has 72 valence electrons. The zero-order valence-corrected chi connectivity index (χ0v) is 8.13. The van der Waals surface area contributed by atoms with Crippen molar-refractivity contribution in [1.82, 2.24) is 5.16 Å². The molecule has 4 nitrogen and oxygen atoms in total. The number of carbonyl (C=O) groups excluding carboxylic acids is 1. The monoisotopic (exact) mass is 182 g/mol. The fourth-order valence-corrected chi connectivity index (χ4v) is 1.23. The molecule has 4 heteroatoms. The molecule has 0 saturated carbocycles. The van der Waals surface area contributed by atoms with E-state index in [1.807, 2.05) is 0 Å². The molecule has 13 heavy (non-hydrogen) atoms. The van der Waals surface area contributed by atoms with Crippen LogP contribution in [0.2, 0.25) is 0 Å². The molecule has 1 aromatic rings. The van der Waals surface area contributed by atoms with E-state index in [0.29, 0.717) is 11.7 Å². The zero-order chi connectivity index (χ0) is 10.0. The Bertz CT molecular complexity index is 315. The summed E-state index contributed by atoms with van der Waals surface area (Å²) in [6, 6.07) is 0. The van der Waals surface area contributed by atoms with Gasteiger partial charge in [-0.3, -0.25) is 4.79 Å². The van der Waals surface area contributed by atoms with Crippen LogP contribution in [0.4, 0.5) is 0 Å². The van der Waals surface area contributed by atoms with Crippen LogP contribution in [0, 0.1) is 12.8 Å². The molecule has 1 aromatic heterocycles. The number of nitrogens with zero attached hydrogens (tertiary/aromatic N) is 1. The summed E-state index contributed by atoms with van der Waals surface area (Å²) in [7, 11) is 0. The molecule has 0 aliphatic carbocycles. The van der Waals surface area contributed by atoms with Crippen molar-refractivity contribution in [3.05, 3.63) is 17.0 Å². The van der Waals surface area contributed by atoms with Gasteiger partial charge in [-0.1, -0.05) is 19.0 Å². The van der Waals surface area contributed by atoms with Gasteiger partial charge in [0.15, 0.2) is 5.69 Å². The van der Waals surface area contributed by atoms with Gasteiger partial charge in [-0.2, -0.15) is 0 Å². The maximum absolute atomic E-state index is 10.9. The normalized spacial score (nSPS) is 10.8. The highest BCUT2D eigenvalue weighted by Crippen LogP contribution is 2.16. The molecule has 0 saturated heterocycles. The second-order valence-corrected chi connectivity index (χ2v) is 3.53. The van der Waals surface area contributed by atoms with Crippen LogP contribution < -0.4 is 5.73 Å². The molecule has 0 radical (unpaired) electrons. The summed E-state index contributed by atoms with van der Waals surface area (Å²) in [6.07, 6.45) is 0.771. The van der Waals surface area contributed by atoms with Crippen molar-refractivity contribution in [2.45, 2.75) is 27.2 Å². The lowest BCUT2D eigenvalue weighted by molar-refractivity contribution is 0.0991. The van der Waals surface area contributed by atoms with Crippen molar-refractivity contribution in [3.63, 3.8) is 0 Å². The van der Waals surface area contributed by atoms with E-state index in [9.17, 15) is 4.79 Å². The van der Waals surface area contributed by atoms with Crippen LogP contribution in [0.1, 0.15) is 35.7 Å². The van der Waals surface area contributed by atoms with Crippen LogP contribution in [0.15, 0.2) is 4.52 Å². The lowest BCUT2D eigenvalue weighted by Gasteiger charge is -2.02. The molecule has 0 bridgehead atoms. The van der Waals surface area contributed by atoms with E-state index in [1.165, 1.54) is 0 Å². The maximum atomic E-state index is 10.9. The Balaban J connectivity index is 3.01. The first kappa shape index (κ1) is 9.77. The van der Waals surface area contributed by atoms with Gasteiger partial charge in [-0.25, -0.2) is 0 Å². The van der Waals surface area contributed by atoms with E-state index in [1.54, 1.807) is 6.92 Å². The standard InChI is InChI=1S/C9H14N2O2/c1-5(2)4-7-6(3)13-11-8(7)9(10)12/h5H,4H2,1-3H3,(H2,10,12). The molecule has 0 spiro atoms. The second-order valence-electron chi connectivity index (χ2n) is 3.53. The number of hydrogen-bond donors (Lipinski definition) is 1. The fourth-order valence-electron chi connectivity index (χ4n) is 1.23. The highest BCUT2D eigenvalue weighted by molar-refractivity contribution is 5.92. The molecule has 1 amide bonds. The van der Waals surface area contributed by atoms with Crippen LogP contribution >= 0.6 is 0 Å².